The number of anilines is 1. The lowest BCUT2D eigenvalue weighted by atomic mass is 10.1. The molecule has 2 aromatic carbocycles. The molecule has 20 heavy (non-hydrogen) atoms. The van der Waals surface area contributed by atoms with Crippen LogP contribution in [-0.2, 0) is 5.75 Å². The molecule has 3 rings (SSSR count). The van der Waals surface area contributed by atoms with Crippen LogP contribution in [0.5, 0.6) is 0 Å². The molecule has 0 saturated heterocycles. The van der Waals surface area contributed by atoms with Crippen LogP contribution in [0, 0.1) is 0 Å². The minimum Gasteiger partial charge on any atom is -0.268 e. The van der Waals surface area contributed by atoms with E-state index in [2.05, 4.69) is 0 Å². The normalized spacial score (nSPS) is 13.8. The number of imide groups is 1. The number of carbonyl (C=O) groups excluding carboxylic acids is 2. The Morgan fingerprint density at radius 1 is 0.900 bits per heavy atom. The van der Waals surface area contributed by atoms with Gasteiger partial charge in [-0.05, 0) is 30.0 Å². The highest BCUT2D eigenvalue weighted by Gasteiger charge is 2.36. The highest BCUT2D eigenvalue weighted by molar-refractivity contribution is 7.97. The molecule has 0 radical (unpaired) electrons. The zero-order valence-electron chi connectivity index (χ0n) is 11.0. The molecule has 0 aromatic heterocycles. The summed E-state index contributed by atoms with van der Waals surface area (Å²) in [6.07, 6.45) is 2.00. The maximum atomic E-state index is 12.5. The Labute approximate surface area is 121 Å². The fraction of sp³-hybridized carbons (Fsp3) is 0.125. The quantitative estimate of drug-likeness (QED) is 0.811. The molecule has 0 atom stereocenters. The Morgan fingerprint density at radius 2 is 1.45 bits per heavy atom. The summed E-state index contributed by atoms with van der Waals surface area (Å²) >= 11 is 1.66. The van der Waals surface area contributed by atoms with Crippen LogP contribution in [0.15, 0.2) is 48.5 Å². The van der Waals surface area contributed by atoms with Gasteiger partial charge in [0.15, 0.2) is 0 Å². The van der Waals surface area contributed by atoms with Crippen LogP contribution in [0.2, 0.25) is 0 Å². The minimum absolute atomic E-state index is 0.237. The maximum absolute atomic E-state index is 12.5. The lowest BCUT2D eigenvalue weighted by Gasteiger charge is -2.17. The van der Waals surface area contributed by atoms with Crippen molar-refractivity contribution < 1.29 is 9.59 Å². The smallest absolute Gasteiger partial charge is 0.266 e. The molecule has 0 spiro atoms. The lowest BCUT2D eigenvalue weighted by Crippen LogP contribution is -2.30. The van der Waals surface area contributed by atoms with Crippen molar-refractivity contribution in [2.24, 2.45) is 0 Å². The predicted octanol–water partition coefficient (Wildman–Crippen LogP) is 3.35. The van der Waals surface area contributed by atoms with Gasteiger partial charge in [-0.25, -0.2) is 4.90 Å². The van der Waals surface area contributed by atoms with Gasteiger partial charge in [0.1, 0.15) is 0 Å². The van der Waals surface area contributed by atoms with Crippen molar-refractivity contribution in [1.29, 1.82) is 0 Å². The van der Waals surface area contributed by atoms with Gasteiger partial charge in [0.2, 0.25) is 0 Å². The van der Waals surface area contributed by atoms with E-state index in [1.807, 2.05) is 30.5 Å². The third kappa shape index (κ3) is 1.93. The molecule has 1 heterocycles. The van der Waals surface area contributed by atoms with E-state index in [0.29, 0.717) is 16.8 Å². The van der Waals surface area contributed by atoms with Gasteiger partial charge in [-0.15, -0.1) is 0 Å². The second kappa shape index (κ2) is 5.13. The fourth-order valence-electron chi connectivity index (χ4n) is 2.41. The van der Waals surface area contributed by atoms with Crippen LogP contribution >= 0.6 is 11.8 Å². The van der Waals surface area contributed by atoms with E-state index >= 15 is 0 Å². The first-order chi connectivity index (χ1) is 9.74. The standard InChI is InChI=1S/C16H13NO2S/c1-20-10-11-6-2-5-9-14(11)17-15(18)12-7-3-4-8-13(12)16(17)19/h2-9H,10H2,1H3. The minimum atomic E-state index is -0.237. The second-order valence-electron chi connectivity index (χ2n) is 4.55. The number of para-hydroxylation sites is 1. The number of hydrogen-bond donors (Lipinski definition) is 0. The second-order valence-corrected chi connectivity index (χ2v) is 5.42. The summed E-state index contributed by atoms with van der Waals surface area (Å²) in [7, 11) is 0. The molecule has 100 valence electrons. The summed E-state index contributed by atoms with van der Waals surface area (Å²) in [6.45, 7) is 0. The molecule has 0 N–H and O–H groups in total. The molecule has 4 heteroatoms. The third-order valence-electron chi connectivity index (χ3n) is 3.33. The average Bonchev–Trinajstić information content (AvgIpc) is 2.73. The van der Waals surface area contributed by atoms with Gasteiger partial charge in [-0.2, -0.15) is 11.8 Å². The van der Waals surface area contributed by atoms with Gasteiger partial charge in [0.25, 0.3) is 11.8 Å². The molecule has 1 aliphatic rings. The number of amides is 2. The first-order valence-corrected chi connectivity index (χ1v) is 7.68. The van der Waals surface area contributed by atoms with Gasteiger partial charge in [0.05, 0.1) is 16.8 Å². The van der Waals surface area contributed by atoms with Crippen LogP contribution in [-0.4, -0.2) is 18.1 Å². The Kier molecular flexibility index (Phi) is 3.32. The van der Waals surface area contributed by atoms with Crippen molar-refractivity contribution in [3.8, 4) is 0 Å². The number of rotatable bonds is 3. The first kappa shape index (κ1) is 12.9. The Bertz CT molecular complexity index is 661. The van der Waals surface area contributed by atoms with E-state index in [-0.39, 0.29) is 11.8 Å². The Morgan fingerprint density at radius 3 is 2.05 bits per heavy atom. The largest absolute Gasteiger partial charge is 0.268 e. The zero-order chi connectivity index (χ0) is 14.1. The molecule has 2 amide bonds. The van der Waals surface area contributed by atoms with Crippen molar-refractivity contribution in [3.63, 3.8) is 0 Å². The maximum Gasteiger partial charge on any atom is 0.266 e. The van der Waals surface area contributed by atoms with Crippen LogP contribution in [0.3, 0.4) is 0 Å². The molecule has 3 nitrogen and oxygen atoms in total. The van der Waals surface area contributed by atoms with Crippen molar-refractivity contribution in [2.45, 2.75) is 5.75 Å². The van der Waals surface area contributed by atoms with Gasteiger partial charge < -0.3 is 0 Å². The van der Waals surface area contributed by atoms with Crippen LogP contribution in [0.25, 0.3) is 0 Å². The van der Waals surface area contributed by atoms with E-state index in [9.17, 15) is 9.59 Å². The summed E-state index contributed by atoms with van der Waals surface area (Å²) in [5.74, 6) is 0.294. The van der Waals surface area contributed by atoms with Crippen LogP contribution in [0.4, 0.5) is 5.69 Å². The molecule has 0 unspecified atom stereocenters. The lowest BCUT2D eigenvalue weighted by molar-refractivity contribution is 0.0926. The monoisotopic (exact) mass is 283 g/mol. The zero-order valence-corrected chi connectivity index (χ0v) is 11.8. The Balaban J connectivity index is 2.10. The van der Waals surface area contributed by atoms with E-state index in [4.69, 9.17) is 0 Å². The van der Waals surface area contributed by atoms with Crippen molar-refractivity contribution >= 4 is 29.3 Å². The van der Waals surface area contributed by atoms with E-state index in [1.165, 1.54) is 4.90 Å². The number of thioether (sulfide) groups is 1. The third-order valence-corrected chi connectivity index (χ3v) is 3.93. The van der Waals surface area contributed by atoms with E-state index in [0.717, 1.165) is 11.3 Å². The molecule has 0 aliphatic carbocycles. The number of fused-ring (bicyclic) bond motifs is 1. The highest BCUT2D eigenvalue weighted by Crippen LogP contribution is 2.31. The summed E-state index contributed by atoms with van der Waals surface area (Å²) in [5.41, 5.74) is 2.65. The average molecular weight is 283 g/mol. The predicted molar refractivity (Wildman–Crippen MR) is 81.2 cm³/mol. The molecule has 0 fully saturated rings. The molecule has 1 aliphatic heterocycles. The SMILES string of the molecule is CSCc1ccccc1N1C(=O)c2ccccc2C1=O. The van der Waals surface area contributed by atoms with Crippen LogP contribution < -0.4 is 4.90 Å². The van der Waals surface area contributed by atoms with E-state index in [1.54, 1.807) is 36.0 Å². The molecule has 2 aromatic rings. The van der Waals surface area contributed by atoms with Gasteiger partial charge in [0, 0.05) is 5.75 Å². The summed E-state index contributed by atoms with van der Waals surface area (Å²) in [4.78, 5) is 26.2. The number of benzene rings is 2. The van der Waals surface area contributed by atoms with Crippen molar-refractivity contribution in [1.82, 2.24) is 0 Å². The van der Waals surface area contributed by atoms with Gasteiger partial charge in [-0.3, -0.25) is 9.59 Å². The molecule has 0 bridgehead atoms. The van der Waals surface area contributed by atoms with Crippen molar-refractivity contribution in [2.75, 3.05) is 11.2 Å². The van der Waals surface area contributed by atoms with E-state index < -0.39 is 0 Å². The summed E-state index contributed by atoms with van der Waals surface area (Å²) in [6, 6.07) is 14.5. The number of nitrogens with zero attached hydrogens (tertiary/aromatic N) is 1. The molecular weight excluding hydrogens is 270 g/mol. The molecule has 0 saturated carbocycles. The topological polar surface area (TPSA) is 37.4 Å². The molecular formula is C16H13NO2S. The highest BCUT2D eigenvalue weighted by atomic mass is 32.2. The first-order valence-electron chi connectivity index (χ1n) is 6.28. The van der Waals surface area contributed by atoms with Crippen molar-refractivity contribution in [3.05, 3.63) is 65.2 Å². The summed E-state index contributed by atoms with van der Waals surface area (Å²) in [5, 5.41) is 0. The summed E-state index contributed by atoms with van der Waals surface area (Å²) < 4.78 is 0. The number of carbonyl (C=O) groups is 2. The van der Waals surface area contributed by atoms with Crippen LogP contribution in [0.1, 0.15) is 26.3 Å². The number of hydrogen-bond acceptors (Lipinski definition) is 3. The van der Waals surface area contributed by atoms with Gasteiger partial charge in [-0.1, -0.05) is 30.3 Å². The Hall–Kier alpha value is -2.07. The van der Waals surface area contributed by atoms with Gasteiger partial charge >= 0.3 is 0 Å². The fourth-order valence-corrected chi connectivity index (χ4v) is 2.97.